The Morgan fingerprint density at radius 1 is 1.35 bits per heavy atom. The number of rotatable bonds is 6. The summed E-state index contributed by atoms with van der Waals surface area (Å²) in [7, 11) is 0. The predicted octanol–water partition coefficient (Wildman–Crippen LogP) is 3.88. The molecule has 1 aromatic carbocycles. The number of Topliss-reactive ketones (excluding diaryl/α,β-unsaturated/α-hetero) is 1. The summed E-state index contributed by atoms with van der Waals surface area (Å²) >= 11 is 5.10. The van der Waals surface area contributed by atoms with E-state index >= 15 is 0 Å². The lowest BCUT2D eigenvalue weighted by Crippen LogP contribution is -2.11. The molecule has 1 aromatic heterocycles. The summed E-state index contributed by atoms with van der Waals surface area (Å²) in [5.41, 5.74) is 1.91. The Morgan fingerprint density at radius 2 is 2.05 bits per heavy atom. The van der Waals surface area contributed by atoms with Crippen LogP contribution in [0.5, 0.6) is 0 Å². The number of benzene rings is 1. The highest BCUT2D eigenvalue weighted by Crippen LogP contribution is 2.23. The summed E-state index contributed by atoms with van der Waals surface area (Å²) in [5, 5.41) is 4.41. The molecule has 0 N–H and O–H groups in total. The molecule has 0 aliphatic heterocycles. The summed E-state index contributed by atoms with van der Waals surface area (Å²) < 4.78 is 2.85. The summed E-state index contributed by atoms with van der Waals surface area (Å²) in [4.78, 5) is 13.3. The molecule has 0 amide bonds. The topological polar surface area (TPSA) is 34.9 Å². The second-order valence-corrected chi connectivity index (χ2v) is 6.32. The number of hydrogen-bond acceptors (Lipinski definition) is 3. The quantitative estimate of drug-likeness (QED) is 0.740. The van der Waals surface area contributed by atoms with Crippen molar-refractivity contribution in [1.29, 1.82) is 0 Å². The molecule has 3 nitrogen and oxygen atoms in total. The van der Waals surface area contributed by atoms with Gasteiger partial charge >= 0.3 is 0 Å². The summed E-state index contributed by atoms with van der Waals surface area (Å²) in [6.07, 6.45) is 0.426. The van der Waals surface area contributed by atoms with Crippen molar-refractivity contribution >= 4 is 33.5 Å². The van der Waals surface area contributed by atoms with Crippen molar-refractivity contribution in [1.82, 2.24) is 9.78 Å². The third-order valence-electron chi connectivity index (χ3n) is 2.96. The number of ketones is 1. The molecule has 0 radical (unpaired) electrons. The van der Waals surface area contributed by atoms with Crippen LogP contribution in [-0.2, 0) is 17.8 Å². The van der Waals surface area contributed by atoms with Gasteiger partial charge in [-0.1, -0.05) is 18.2 Å². The summed E-state index contributed by atoms with van der Waals surface area (Å²) in [5.74, 6) is 0.707. The van der Waals surface area contributed by atoms with Crippen LogP contribution in [0.25, 0.3) is 0 Å². The molecule has 0 saturated carbocycles. The standard InChI is InChI=1S/C15H17BrN2OS/c1-3-18-14(15(16)11(2)17-18)9-12(19)10-20-13-7-5-4-6-8-13/h4-8H,3,9-10H2,1-2H3. The molecular formula is C15H17BrN2OS. The van der Waals surface area contributed by atoms with E-state index in [1.807, 2.05) is 48.9 Å². The first-order valence-corrected chi connectivity index (χ1v) is 8.31. The van der Waals surface area contributed by atoms with Gasteiger partial charge in [0.15, 0.2) is 0 Å². The molecule has 2 rings (SSSR count). The van der Waals surface area contributed by atoms with E-state index in [0.717, 1.165) is 27.3 Å². The monoisotopic (exact) mass is 352 g/mol. The molecule has 0 spiro atoms. The number of thioether (sulfide) groups is 1. The zero-order chi connectivity index (χ0) is 14.5. The van der Waals surface area contributed by atoms with Crippen molar-refractivity contribution in [2.24, 2.45) is 0 Å². The molecule has 0 aliphatic carbocycles. The van der Waals surface area contributed by atoms with Crippen LogP contribution in [0, 0.1) is 6.92 Å². The van der Waals surface area contributed by atoms with Crippen LogP contribution in [0.3, 0.4) is 0 Å². The minimum Gasteiger partial charge on any atom is -0.298 e. The number of carbonyl (C=O) groups excluding carboxylic acids is 1. The summed E-state index contributed by atoms with van der Waals surface area (Å²) in [6.45, 7) is 4.76. The lowest BCUT2D eigenvalue weighted by Gasteiger charge is -2.05. The molecule has 0 fully saturated rings. The lowest BCUT2D eigenvalue weighted by atomic mass is 10.2. The Kier molecular flexibility index (Phi) is 5.43. The van der Waals surface area contributed by atoms with E-state index in [1.54, 1.807) is 11.8 Å². The van der Waals surface area contributed by atoms with Crippen molar-refractivity contribution in [3.8, 4) is 0 Å². The Bertz CT molecular complexity index is 595. The zero-order valence-corrected chi connectivity index (χ0v) is 14.0. The average molecular weight is 353 g/mol. The van der Waals surface area contributed by atoms with E-state index in [2.05, 4.69) is 21.0 Å². The SMILES string of the molecule is CCn1nc(C)c(Br)c1CC(=O)CSc1ccccc1. The van der Waals surface area contributed by atoms with Crippen molar-refractivity contribution in [3.05, 3.63) is 46.2 Å². The van der Waals surface area contributed by atoms with Gasteiger partial charge in [-0.3, -0.25) is 9.48 Å². The fourth-order valence-corrected chi connectivity index (χ4v) is 3.16. The highest BCUT2D eigenvalue weighted by atomic mass is 79.9. The number of aromatic nitrogens is 2. The van der Waals surface area contributed by atoms with Gasteiger partial charge in [0.25, 0.3) is 0 Å². The number of halogens is 1. The Morgan fingerprint density at radius 3 is 2.70 bits per heavy atom. The highest BCUT2D eigenvalue weighted by Gasteiger charge is 2.15. The van der Waals surface area contributed by atoms with Gasteiger partial charge in [-0.15, -0.1) is 11.8 Å². The van der Waals surface area contributed by atoms with Crippen LogP contribution in [0.2, 0.25) is 0 Å². The van der Waals surface area contributed by atoms with Crippen molar-refractivity contribution in [2.75, 3.05) is 5.75 Å². The molecule has 5 heteroatoms. The maximum absolute atomic E-state index is 12.1. The zero-order valence-electron chi connectivity index (χ0n) is 11.6. The second-order valence-electron chi connectivity index (χ2n) is 4.48. The normalized spacial score (nSPS) is 10.8. The maximum atomic E-state index is 12.1. The fraction of sp³-hybridized carbons (Fsp3) is 0.333. The van der Waals surface area contributed by atoms with Gasteiger partial charge in [0.1, 0.15) is 5.78 Å². The molecule has 0 unspecified atom stereocenters. The van der Waals surface area contributed by atoms with Gasteiger partial charge in [-0.25, -0.2) is 0 Å². The first-order valence-electron chi connectivity index (χ1n) is 6.53. The minimum atomic E-state index is 0.217. The van der Waals surface area contributed by atoms with Gasteiger partial charge in [0.05, 0.1) is 28.0 Å². The highest BCUT2D eigenvalue weighted by molar-refractivity contribution is 9.10. The van der Waals surface area contributed by atoms with E-state index in [9.17, 15) is 4.79 Å². The number of hydrogen-bond donors (Lipinski definition) is 0. The Balaban J connectivity index is 1.98. The van der Waals surface area contributed by atoms with Gasteiger partial charge in [-0.2, -0.15) is 5.10 Å². The van der Waals surface area contributed by atoms with Gasteiger partial charge in [-0.05, 0) is 41.9 Å². The first kappa shape index (κ1) is 15.3. The third kappa shape index (κ3) is 3.73. The molecule has 1 heterocycles. The van der Waals surface area contributed by atoms with Gasteiger partial charge in [0, 0.05) is 11.4 Å². The van der Waals surface area contributed by atoms with E-state index in [1.165, 1.54) is 0 Å². The van der Waals surface area contributed by atoms with Crippen LogP contribution in [0.4, 0.5) is 0 Å². The summed E-state index contributed by atoms with van der Waals surface area (Å²) in [6, 6.07) is 9.99. The van der Waals surface area contributed by atoms with Gasteiger partial charge < -0.3 is 0 Å². The first-order chi connectivity index (χ1) is 9.61. The molecule has 106 valence electrons. The second kappa shape index (κ2) is 7.09. The molecule has 0 saturated heterocycles. The molecule has 0 aliphatic rings. The Hall–Kier alpha value is -1.07. The van der Waals surface area contributed by atoms with E-state index in [0.29, 0.717) is 12.2 Å². The van der Waals surface area contributed by atoms with Crippen molar-refractivity contribution in [3.63, 3.8) is 0 Å². The predicted molar refractivity (Wildman–Crippen MR) is 86.2 cm³/mol. The molecule has 20 heavy (non-hydrogen) atoms. The Labute approximate surface area is 131 Å². The molecule has 0 bridgehead atoms. The maximum Gasteiger partial charge on any atom is 0.149 e. The van der Waals surface area contributed by atoms with Gasteiger partial charge in [0.2, 0.25) is 0 Å². The smallest absolute Gasteiger partial charge is 0.149 e. The van der Waals surface area contributed by atoms with E-state index in [-0.39, 0.29) is 5.78 Å². The largest absolute Gasteiger partial charge is 0.298 e. The minimum absolute atomic E-state index is 0.217. The van der Waals surface area contributed by atoms with Crippen LogP contribution in [-0.4, -0.2) is 21.3 Å². The number of carbonyl (C=O) groups is 1. The molecule has 0 atom stereocenters. The van der Waals surface area contributed by atoms with E-state index < -0.39 is 0 Å². The van der Waals surface area contributed by atoms with Crippen LogP contribution in [0.15, 0.2) is 39.7 Å². The average Bonchev–Trinajstić information content (AvgIpc) is 2.74. The van der Waals surface area contributed by atoms with Crippen LogP contribution >= 0.6 is 27.7 Å². The molecular weight excluding hydrogens is 336 g/mol. The number of aryl methyl sites for hydroxylation is 2. The van der Waals surface area contributed by atoms with Crippen LogP contribution < -0.4 is 0 Å². The lowest BCUT2D eigenvalue weighted by molar-refractivity contribution is -0.116. The number of nitrogens with zero attached hydrogens (tertiary/aromatic N) is 2. The van der Waals surface area contributed by atoms with Crippen molar-refractivity contribution in [2.45, 2.75) is 31.7 Å². The fourth-order valence-electron chi connectivity index (χ4n) is 1.96. The van der Waals surface area contributed by atoms with Crippen molar-refractivity contribution < 1.29 is 4.79 Å². The van der Waals surface area contributed by atoms with Crippen LogP contribution in [0.1, 0.15) is 18.3 Å². The van der Waals surface area contributed by atoms with E-state index in [4.69, 9.17) is 0 Å². The molecule has 2 aromatic rings. The third-order valence-corrected chi connectivity index (χ3v) is 5.06.